The standard InChI is InChI=1S/C23H22N4O5/c28-22(26-9-5-23(6-10-26)31-11-12-32-23)18-14-19(16-3-7-24-8-4-16)27(25-18)17-1-2-20-21(13-17)30-15-29-20/h1-4,7-8,13-14H,5-6,9-12,15H2. The Hall–Kier alpha value is -3.43. The molecule has 1 spiro atoms. The number of amides is 1. The van der Waals surface area contributed by atoms with Crippen LogP contribution in [0.5, 0.6) is 11.5 Å². The Balaban J connectivity index is 1.33. The summed E-state index contributed by atoms with van der Waals surface area (Å²) >= 11 is 0. The SMILES string of the molecule is O=C(c1cc(-c2ccncc2)n(-c2ccc3c(c2)OCO3)n1)N1CCC2(CC1)OCCO2. The minimum Gasteiger partial charge on any atom is -0.454 e. The number of hydrogen-bond acceptors (Lipinski definition) is 7. The highest BCUT2D eigenvalue weighted by Gasteiger charge is 2.41. The largest absolute Gasteiger partial charge is 0.454 e. The predicted octanol–water partition coefficient (Wildman–Crippen LogP) is 2.64. The molecule has 32 heavy (non-hydrogen) atoms. The lowest BCUT2D eigenvalue weighted by Gasteiger charge is -2.37. The van der Waals surface area contributed by atoms with Crippen molar-refractivity contribution < 1.29 is 23.7 Å². The summed E-state index contributed by atoms with van der Waals surface area (Å²) in [5.74, 6) is 0.725. The van der Waals surface area contributed by atoms with Gasteiger partial charge in [-0.15, -0.1) is 0 Å². The molecule has 3 aliphatic heterocycles. The van der Waals surface area contributed by atoms with Crippen molar-refractivity contribution in [3.05, 3.63) is 54.5 Å². The fourth-order valence-electron chi connectivity index (χ4n) is 4.43. The number of rotatable bonds is 3. The lowest BCUT2D eigenvalue weighted by molar-refractivity contribution is -0.181. The molecule has 1 amide bonds. The number of aromatic nitrogens is 3. The zero-order valence-electron chi connectivity index (χ0n) is 17.4. The predicted molar refractivity (Wildman–Crippen MR) is 113 cm³/mol. The summed E-state index contributed by atoms with van der Waals surface area (Å²) in [4.78, 5) is 19.3. The highest BCUT2D eigenvalue weighted by Crippen LogP contribution is 2.35. The molecule has 0 saturated carbocycles. The smallest absolute Gasteiger partial charge is 0.274 e. The van der Waals surface area contributed by atoms with Gasteiger partial charge in [-0.1, -0.05) is 0 Å². The molecular weight excluding hydrogens is 412 g/mol. The molecular formula is C23H22N4O5. The van der Waals surface area contributed by atoms with E-state index < -0.39 is 5.79 Å². The average Bonchev–Trinajstić information content (AvgIpc) is 3.59. The van der Waals surface area contributed by atoms with Crippen LogP contribution in [0, 0.1) is 0 Å². The van der Waals surface area contributed by atoms with Crippen molar-refractivity contribution in [1.82, 2.24) is 19.7 Å². The van der Waals surface area contributed by atoms with Gasteiger partial charge in [0.25, 0.3) is 5.91 Å². The quantitative estimate of drug-likeness (QED) is 0.626. The first-order chi connectivity index (χ1) is 15.7. The van der Waals surface area contributed by atoms with Gasteiger partial charge in [0.15, 0.2) is 23.0 Å². The zero-order valence-corrected chi connectivity index (χ0v) is 17.4. The van der Waals surface area contributed by atoms with Gasteiger partial charge in [0.2, 0.25) is 6.79 Å². The first-order valence-corrected chi connectivity index (χ1v) is 10.7. The molecule has 2 saturated heterocycles. The van der Waals surface area contributed by atoms with Gasteiger partial charge in [0.1, 0.15) is 0 Å². The van der Waals surface area contributed by atoms with Crippen molar-refractivity contribution in [2.24, 2.45) is 0 Å². The van der Waals surface area contributed by atoms with E-state index in [-0.39, 0.29) is 12.7 Å². The number of nitrogens with zero attached hydrogens (tertiary/aromatic N) is 4. The summed E-state index contributed by atoms with van der Waals surface area (Å²) in [5.41, 5.74) is 2.88. The Bertz CT molecular complexity index is 1150. The Morgan fingerprint density at radius 1 is 0.938 bits per heavy atom. The Labute approximate surface area is 184 Å². The number of pyridine rings is 1. The number of piperidine rings is 1. The van der Waals surface area contributed by atoms with Gasteiger partial charge >= 0.3 is 0 Å². The molecule has 0 radical (unpaired) electrons. The highest BCUT2D eigenvalue weighted by molar-refractivity contribution is 5.93. The van der Waals surface area contributed by atoms with Crippen LogP contribution < -0.4 is 9.47 Å². The number of benzene rings is 1. The van der Waals surface area contributed by atoms with Crippen LogP contribution in [0.1, 0.15) is 23.3 Å². The molecule has 164 valence electrons. The molecule has 0 bridgehead atoms. The maximum atomic E-state index is 13.3. The second kappa shape index (κ2) is 7.61. The van der Waals surface area contributed by atoms with Crippen molar-refractivity contribution in [1.29, 1.82) is 0 Å². The normalized spacial score (nSPS) is 18.9. The van der Waals surface area contributed by atoms with Crippen LogP contribution in [-0.2, 0) is 9.47 Å². The average molecular weight is 434 g/mol. The molecule has 9 heteroatoms. The van der Waals surface area contributed by atoms with E-state index in [2.05, 4.69) is 4.98 Å². The van der Waals surface area contributed by atoms with Gasteiger partial charge in [0, 0.05) is 50.0 Å². The summed E-state index contributed by atoms with van der Waals surface area (Å²) in [7, 11) is 0. The molecule has 0 unspecified atom stereocenters. The summed E-state index contributed by atoms with van der Waals surface area (Å²) < 4.78 is 24.3. The van der Waals surface area contributed by atoms with E-state index in [0.717, 1.165) is 16.9 Å². The first-order valence-electron chi connectivity index (χ1n) is 10.7. The van der Waals surface area contributed by atoms with Crippen LogP contribution >= 0.6 is 0 Å². The van der Waals surface area contributed by atoms with Gasteiger partial charge in [-0.25, -0.2) is 4.68 Å². The molecule has 0 N–H and O–H groups in total. The van der Waals surface area contributed by atoms with E-state index in [9.17, 15) is 4.79 Å². The fourth-order valence-corrected chi connectivity index (χ4v) is 4.43. The molecule has 5 heterocycles. The van der Waals surface area contributed by atoms with E-state index in [1.165, 1.54) is 0 Å². The lowest BCUT2D eigenvalue weighted by Crippen LogP contribution is -2.47. The minimum absolute atomic E-state index is 0.104. The molecule has 0 atom stereocenters. The van der Waals surface area contributed by atoms with E-state index in [0.29, 0.717) is 56.3 Å². The highest BCUT2D eigenvalue weighted by atomic mass is 16.7. The third kappa shape index (κ3) is 3.30. The van der Waals surface area contributed by atoms with Crippen LogP contribution in [0.15, 0.2) is 48.8 Å². The number of fused-ring (bicyclic) bond motifs is 1. The van der Waals surface area contributed by atoms with E-state index in [1.807, 2.05) is 41.3 Å². The third-order valence-corrected chi connectivity index (χ3v) is 6.13. The van der Waals surface area contributed by atoms with Crippen molar-refractivity contribution in [3.63, 3.8) is 0 Å². The number of carbonyl (C=O) groups excluding carboxylic acids is 1. The molecule has 1 aromatic carbocycles. The second-order valence-electron chi connectivity index (χ2n) is 8.00. The maximum absolute atomic E-state index is 13.3. The minimum atomic E-state index is -0.523. The molecule has 0 aliphatic carbocycles. The zero-order chi connectivity index (χ0) is 21.5. The summed E-state index contributed by atoms with van der Waals surface area (Å²) in [6.07, 6.45) is 4.77. The Morgan fingerprint density at radius 3 is 2.47 bits per heavy atom. The first kappa shape index (κ1) is 19.3. The summed E-state index contributed by atoms with van der Waals surface area (Å²) in [6, 6.07) is 11.2. The van der Waals surface area contributed by atoms with E-state index >= 15 is 0 Å². The van der Waals surface area contributed by atoms with Gasteiger partial charge in [-0.05, 0) is 30.3 Å². The van der Waals surface area contributed by atoms with Crippen LogP contribution in [0.25, 0.3) is 16.9 Å². The van der Waals surface area contributed by atoms with E-state index in [1.54, 1.807) is 17.1 Å². The molecule has 3 aromatic rings. The van der Waals surface area contributed by atoms with Crippen LogP contribution in [0.2, 0.25) is 0 Å². The molecule has 3 aliphatic rings. The number of likely N-dealkylation sites (tertiary alicyclic amines) is 1. The van der Waals surface area contributed by atoms with Crippen LogP contribution in [-0.4, -0.2) is 64.5 Å². The van der Waals surface area contributed by atoms with Crippen LogP contribution in [0.3, 0.4) is 0 Å². The summed E-state index contributed by atoms with van der Waals surface area (Å²) in [6.45, 7) is 2.57. The Morgan fingerprint density at radius 2 is 1.69 bits per heavy atom. The fraction of sp³-hybridized carbons (Fsp3) is 0.348. The van der Waals surface area contributed by atoms with Crippen molar-refractivity contribution in [2.45, 2.75) is 18.6 Å². The van der Waals surface area contributed by atoms with Crippen molar-refractivity contribution >= 4 is 5.91 Å². The number of hydrogen-bond donors (Lipinski definition) is 0. The Kier molecular flexibility index (Phi) is 4.58. The molecule has 6 rings (SSSR count). The lowest BCUT2D eigenvalue weighted by atomic mass is 10.0. The topological polar surface area (TPSA) is 87.9 Å². The molecule has 9 nitrogen and oxygen atoms in total. The van der Waals surface area contributed by atoms with Gasteiger partial charge in [0.05, 0.1) is 24.6 Å². The number of ether oxygens (including phenoxy) is 4. The van der Waals surface area contributed by atoms with Crippen molar-refractivity contribution in [3.8, 4) is 28.4 Å². The maximum Gasteiger partial charge on any atom is 0.274 e. The third-order valence-electron chi connectivity index (χ3n) is 6.13. The van der Waals surface area contributed by atoms with Gasteiger partial charge in [-0.3, -0.25) is 9.78 Å². The van der Waals surface area contributed by atoms with Gasteiger partial charge < -0.3 is 23.8 Å². The van der Waals surface area contributed by atoms with Crippen LogP contribution in [0.4, 0.5) is 0 Å². The van der Waals surface area contributed by atoms with Gasteiger partial charge in [-0.2, -0.15) is 5.10 Å². The monoisotopic (exact) mass is 434 g/mol. The molecule has 2 aromatic heterocycles. The van der Waals surface area contributed by atoms with Crippen molar-refractivity contribution in [2.75, 3.05) is 33.1 Å². The summed E-state index contributed by atoms with van der Waals surface area (Å²) in [5, 5.41) is 4.69. The number of carbonyl (C=O) groups is 1. The molecule has 2 fully saturated rings. The van der Waals surface area contributed by atoms with E-state index in [4.69, 9.17) is 24.0 Å². The second-order valence-corrected chi connectivity index (χ2v) is 8.00.